The molecule has 1 unspecified atom stereocenters. The van der Waals surface area contributed by atoms with Gasteiger partial charge in [0.25, 0.3) is 0 Å². The summed E-state index contributed by atoms with van der Waals surface area (Å²) in [6, 6.07) is 0. The molecule has 17 heavy (non-hydrogen) atoms. The molecule has 96 valence electrons. The molecule has 4 nitrogen and oxygen atoms in total. The van der Waals surface area contributed by atoms with Gasteiger partial charge in [-0.25, -0.2) is 0 Å². The number of aliphatic hydroxyl groups is 1. The summed E-state index contributed by atoms with van der Waals surface area (Å²) in [6.07, 6.45) is 7.98. The molecule has 5 heteroatoms. The fraction of sp³-hybridized carbons (Fsp3) is 0.750. The highest BCUT2D eigenvalue weighted by Crippen LogP contribution is 2.24. The van der Waals surface area contributed by atoms with E-state index in [-0.39, 0.29) is 6.61 Å². The lowest BCUT2D eigenvalue weighted by atomic mass is 10.2. The van der Waals surface area contributed by atoms with E-state index in [2.05, 4.69) is 22.2 Å². The first-order chi connectivity index (χ1) is 8.38. The zero-order valence-electron chi connectivity index (χ0n) is 10.1. The SMILES string of the molecule is OCCn1cc(CNCC2CCCCS2)cn1. The van der Waals surface area contributed by atoms with E-state index in [1.807, 2.05) is 12.4 Å². The van der Waals surface area contributed by atoms with E-state index in [0.29, 0.717) is 6.54 Å². The second-order valence-electron chi connectivity index (χ2n) is 4.45. The van der Waals surface area contributed by atoms with E-state index in [1.54, 1.807) is 4.68 Å². The lowest BCUT2D eigenvalue weighted by Gasteiger charge is -2.21. The maximum absolute atomic E-state index is 8.80. The van der Waals surface area contributed by atoms with Crippen molar-refractivity contribution in [2.24, 2.45) is 0 Å². The van der Waals surface area contributed by atoms with Crippen molar-refractivity contribution < 1.29 is 5.11 Å². The highest BCUT2D eigenvalue weighted by Gasteiger charge is 2.12. The van der Waals surface area contributed by atoms with Gasteiger partial charge in [-0.05, 0) is 18.6 Å². The number of hydrogen-bond acceptors (Lipinski definition) is 4. The molecule has 1 fully saturated rings. The molecular formula is C12H21N3OS. The van der Waals surface area contributed by atoms with Gasteiger partial charge in [0.05, 0.1) is 19.3 Å². The van der Waals surface area contributed by atoms with Crippen LogP contribution in [-0.4, -0.2) is 39.0 Å². The van der Waals surface area contributed by atoms with Crippen LogP contribution in [0.2, 0.25) is 0 Å². The molecule has 1 aliphatic rings. The Morgan fingerprint density at radius 2 is 2.47 bits per heavy atom. The summed E-state index contributed by atoms with van der Waals surface area (Å²) < 4.78 is 1.78. The standard InChI is InChI=1S/C12H21N3OS/c16-5-4-15-10-11(8-14-15)7-13-9-12-3-1-2-6-17-12/h8,10,12-13,16H,1-7,9H2. The van der Waals surface area contributed by atoms with Crippen molar-refractivity contribution in [3.8, 4) is 0 Å². The molecule has 0 spiro atoms. The minimum absolute atomic E-state index is 0.146. The predicted molar refractivity (Wildman–Crippen MR) is 71.1 cm³/mol. The van der Waals surface area contributed by atoms with Crippen molar-refractivity contribution in [2.75, 3.05) is 18.9 Å². The third kappa shape index (κ3) is 4.33. The topological polar surface area (TPSA) is 50.1 Å². The van der Waals surface area contributed by atoms with Gasteiger partial charge in [0.15, 0.2) is 0 Å². The maximum atomic E-state index is 8.80. The molecular weight excluding hydrogens is 234 g/mol. The number of nitrogens with one attached hydrogen (secondary N) is 1. The molecule has 1 aromatic heterocycles. The van der Waals surface area contributed by atoms with Crippen LogP contribution < -0.4 is 5.32 Å². The average Bonchev–Trinajstić information content (AvgIpc) is 2.79. The fourth-order valence-corrected chi connectivity index (χ4v) is 3.34. The van der Waals surface area contributed by atoms with Gasteiger partial charge >= 0.3 is 0 Å². The van der Waals surface area contributed by atoms with Gasteiger partial charge in [0.2, 0.25) is 0 Å². The van der Waals surface area contributed by atoms with Crippen LogP contribution in [0.1, 0.15) is 24.8 Å². The summed E-state index contributed by atoms with van der Waals surface area (Å²) in [5, 5.41) is 17.3. The summed E-state index contributed by atoms with van der Waals surface area (Å²) in [5.74, 6) is 1.32. The Labute approximate surface area is 107 Å². The molecule has 1 aromatic rings. The highest BCUT2D eigenvalue weighted by molar-refractivity contribution is 7.99. The molecule has 1 saturated heterocycles. The van der Waals surface area contributed by atoms with Gasteiger partial charge in [-0.3, -0.25) is 4.68 Å². The Morgan fingerprint density at radius 3 is 3.24 bits per heavy atom. The summed E-state index contributed by atoms with van der Waals surface area (Å²) in [5.41, 5.74) is 1.19. The van der Waals surface area contributed by atoms with Crippen LogP contribution >= 0.6 is 11.8 Å². The summed E-state index contributed by atoms with van der Waals surface area (Å²) >= 11 is 2.10. The largest absolute Gasteiger partial charge is 0.394 e. The Morgan fingerprint density at radius 1 is 1.53 bits per heavy atom. The Balaban J connectivity index is 1.66. The number of hydrogen-bond donors (Lipinski definition) is 2. The second kappa shape index (κ2) is 7.03. The van der Waals surface area contributed by atoms with E-state index in [1.165, 1.54) is 30.6 Å². The highest BCUT2D eigenvalue weighted by atomic mass is 32.2. The summed E-state index contributed by atoms with van der Waals surface area (Å²) in [6.45, 7) is 2.70. The Kier molecular flexibility index (Phi) is 5.35. The van der Waals surface area contributed by atoms with E-state index >= 15 is 0 Å². The fourth-order valence-electron chi connectivity index (χ4n) is 2.07. The number of nitrogens with zero attached hydrogens (tertiary/aromatic N) is 2. The number of aromatic nitrogens is 2. The quantitative estimate of drug-likeness (QED) is 0.803. The molecule has 0 radical (unpaired) electrons. The number of aliphatic hydroxyl groups excluding tert-OH is 1. The molecule has 0 amide bonds. The van der Waals surface area contributed by atoms with Gasteiger partial charge in [-0.2, -0.15) is 16.9 Å². The van der Waals surface area contributed by atoms with Crippen molar-refractivity contribution in [1.29, 1.82) is 0 Å². The summed E-state index contributed by atoms with van der Waals surface area (Å²) in [4.78, 5) is 0. The summed E-state index contributed by atoms with van der Waals surface area (Å²) in [7, 11) is 0. The van der Waals surface area contributed by atoms with Gasteiger partial charge in [-0.15, -0.1) is 0 Å². The minimum atomic E-state index is 0.146. The molecule has 2 heterocycles. The van der Waals surface area contributed by atoms with Crippen LogP contribution in [0.15, 0.2) is 12.4 Å². The van der Waals surface area contributed by atoms with E-state index < -0.39 is 0 Å². The maximum Gasteiger partial charge on any atom is 0.0640 e. The molecule has 0 bridgehead atoms. The van der Waals surface area contributed by atoms with Crippen LogP contribution in [0.25, 0.3) is 0 Å². The van der Waals surface area contributed by atoms with Crippen LogP contribution in [0.5, 0.6) is 0 Å². The van der Waals surface area contributed by atoms with Crippen molar-refractivity contribution in [1.82, 2.24) is 15.1 Å². The van der Waals surface area contributed by atoms with Gasteiger partial charge in [0.1, 0.15) is 0 Å². The number of thioether (sulfide) groups is 1. The predicted octanol–water partition coefficient (Wildman–Crippen LogP) is 1.25. The lowest BCUT2D eigenvalue weighted by Crippen LogP contribution is -2.26. The first kappa shape index (κ1) is 12.9. The van der Waals surface area contributed by atoms with Crippen molar-refractivity contribution in [3.05, 3.63) is 18.0 Å². The molecule has 2 N–H and O–H groups in total. The van der Waals surface area contributed by atoms with Crippen molar-refractivity contribution in [2.45, 2.75) is 37.6 Å². The molecule has 1 atom stereocenters. The van der Waals surface area contributed by atoms with Crippen LogP contribution in [-0.2, 0) is 13.1 Å². The van der Waals surface area contributed by atoms with Crippen LogP contribution in [0, 0.1) is 0 Å². The molecule has 0 aliphatic carbocycles. The monoisotopic (exact) mass is 255 g/mol. The molecule has 2 rings (SSSR count). The molecule has 0 saturated carbocycles. The third-order valence-electron chi connectivity index (χ3n) is 2.99. The second-order valence-corrected chi connectivity index (χ2v) is 5.86. The van der Waals surface area contributed by atoms with Gasteiger partial charge in [0, 0.05) is 30.1 Å². The Bertz CT molecular complexity index is 323. The molecule has 1 aliphatic heterocycles. The third-order valence-corrected chi connectivity index (χ3v) is 4.39. The first-order valence-corrected chi connectivity index (χ1v) is 7.38. The number of rotatable bonds is 6. The smallest absolute Gasteiger partial charge is 0.0640 e. The van der Waals surface area contributed by atoms with E-state index in [0.717, 1.165) is 18.3 Å². The zero-order valence-corrected chi connectivity index (χ0v) is 11.0. The van der Waals surface area contributed by atoms with Crippen LogP contribution in [0.4, 0.5) is 0 Å². The van der Waals surface area contributed by atoms with Crippen molar-refractivity contribution >= 4 is 11.8 Å². The zero-order chi connectivity index (χ0) is 11.9. The van der Waals surface area contributed by atoms with Gasteiger partial charge < -0.3 is 10.4 Å². The van der Waals surface area contributed by atoms with Gasteiger partial charge in [-0.1, -0.05) is 6.42 Å². The minimum Gasteiger partial charge on any atom is -0.394 e. The van der Waals surface area contributed by atoms with E-state index in [4.69, 9.17) is 5.11 Å². The normalized spacial score (nSPS) is 20.6. The average molecular weight is 255 g/mol. The first-order valence-electron chi connectivity index (χ1n) is 6.33. The van der Waals surface area contributed by atoms with Crippen LogP contribution in [0.3, 0.4) is 0 Å². The Hall–Kier alpha value is -0.520. The molecule has 0 aromatic carbocycles. The van der Waals surface area contributed by atoms with E-state index in [9.17, 15) is 0 Å². The van der Waals surface area contributed by atoms with Crippen molar-refractivity contribution in [3.63, 3.8) is 0 Å². The lowest BCUT2D eigenvalue weighted by molar-refractivity contribution is 0.269.